The highest BCUT2D eigenvalue weighted by Gasteiger charge is 2.22. The molecule has 1 atom stereocenters. The summed E-state index contributed by atoms with van der Waals surface area (Å²) in [5.74, 6) is -0.266. The van der Waals surface area contributed by atoms with Gasteiger partial charge < -0.3 is 10.1 Å². The SMILES string of the molecule is CCNC(C(=O)OC)c1cc(Br)c(Br)s1. The molecule has 3 nitrogen and oxygen atoms in total. The third-order valence-electron chi connectivity index (χ3n) is 1.79. The molecule has 0 fully saturated rings. The van der Waals surface area contributed by atoms with E-state index in [4.69, 9.17) is 4.74 Å². The summed E-state index contributed by atoms with van der Waals surface area (Å²) in [5, 5.41) is 3.08. The highest BCUT2D eigenvalue weighted by Crippen LogP contribution is 2.35. The van der Waals surface area contributed by atoms with Crippen LogP contribution in [0.2, 0.25) is 0 Å². The number of carbonyl (C=O) groups excluding carboxylic acids is 1. The van der Waals surface area contributed by atoms with Gasteiger partial charge in [-0.15, -0.1) is 11.3 Å². The zero-order valence-corrected chi connectivity index (χ0v) is 12.3. The molecule has 15 heavy (non-hydrogen) atoms. The fourth-order valence-electron chi connectivity index (χ4n) is 1.13. The summed E-state index contributed by atoms with van der Waals surface area (Å²) in [6.45, 7) is 2.67. The summed E-state index contributed by atoms with van der Waals surface area (Å²) >= 11 is 8.30. The van der Waals surface area contributed by atoms with Gasteiger partial charge in [0.2, 0.25) is 0 Å². The van der Waals surface area contributed by atoms with Gasteiger partial charge in [0.15, 0.2) is 0 Å². The Labute approximate surface area is 109 Å². The lowest BCUT2D eigenvalue weighted by molar-refractivity contribution is -0.143. The van der Waals surface area contributed by atoms with E-state index >= 15 is 0 Å². The molecule has 0 saturated heterocycles. The number of halogens is 2. The summed E-state index contributed by atoms with van der Waals surface area (Å²) in [5.41, 5.74) is 0. The number of likely N-dealkylation sites (N-methyl/N-ethyl adjacent to an activating group) is 1. The second kappa shape index (κ2) is 5.98. The average Bonchev–Trinajstić information content (AvgIpc) is 2.54. The number of esters is 1. The first-order chi connectivity index (χ1) is 7.10. The van der Waals surface area contributed by atoms with E-state index in [-0.39, 0.29) is 12.0 Å². The number of rotatable bonds is 4. The van der Waals surface area contributed by atoms with Crippen molar-refractivity contribution in [1.82, 2.24) is 5.32 Å². The van der Waals surface area contributed by atoms with Crippen LogP contribution in [-0.2, 0) is 9.53 Å². The van der Waals surface area contributed by atoms with Gasteiger partial charge >= 0.3 is 5.97 Å². The fourth-order valence-corrected chi connectivity index (χ4v) is 3.28. The topological polar surface area (TPSA) is 38.3 Å². The molecule has 1 N–H and O–H groups in total. The smallest absolute Gasteiger partial charge is 0.328 e. The van der Waals surface area contributed by atoms with Gasteiger partial charge in [0.05, 0.1) is 10.9 Å². The Morgan fingerprint density at radius 2 is 2.33 bits per heavy atom. The van der Waals surface area contributed by atoms with Crippen molar-refractivity contribution in [2.45, 2.75) is 13.0 Å². The molecular formula is C9H11Br2NO2S. The van der Waals surface area contributed by atoms with E-state index in [9.17, 15) is 4.79 Å². The van der Waals surface area contributed by atoms with E-state index in [1.54, 1.807) is 0 Å². The van der Waals surface area contributed by atoms with Crippen LogP contribution < -0.4 is 5.32 Å². The first-order valence-electron chi connectivity index (χ1n) is 4.36. The van der Waals surface area contributed by atoms with E-state index in [1.165, 1.54) is 18.4 Å². The van der Waals surface area contributed by atoms with Gasteiger partial charge in [-0.05, 0) is 44.5 Å². The molecule has 0 saturated carbocycles. The number of ether oxygens (including phenoxy) is 1. The summed E-state index contributed by atoms with van der Waals surface area (Å²) in [6.07, 6.45) is 0. The standard InChI is InChI=1S/C9H11Br2NO2S/c1-3-12-7(9(13)14-2)6-4-5(10)8(11)15-6/h4,7,12H,3H2,1-2H3. The molecule has 0 aromatic carbocycles. The number of hydrogen-bond acceptors (Lipinski definition) is 4. The van der Waals surface area contributed by atoms with Crippen molar-refractivity contribution in [2.24, 2.45) is 0 Å². The van der Waals surface area contributed by atoms with E-state index in [0.717, 1.165) is 13.1 Å². The van der Waals surface area contributed by atoms with Crippen LogP contribution in [-0.4, -0.2) is 19.6 Å². The Morgan fingerprint density at radius 3 is 2.73 bits per heavy atom. The molecular weight excluding hydrogens is 346 g/mol. The van der Waals surface area contributed by atoms with E-state index in [0.29, 0.717) is 6.54 Å². The maximum atomic E-state index is 11.5. The van der Waals surface area contributed by atoms with Gasteiger partial charge in [-0.3, -0.25) is 0 Å². The molecule has 0 aliphatic carbocycles. The van der Waals surface area contributed by atoms with Crippen LogP contribution in [0, 0.1) is 0 Å². The van der Waals surface area contributed by atoms with Crippen LogP contribution >= 0.6 is 43.2 Å². The normalized spacial score (nSPS) is 12.5. The number of thiophene rings is 1. The lowest BCUT2D eigenvalue weighted by Crippen LogP contribution is -2.28. The molecule has 0 bridgehead atoms. The third kappa shape index (κ3) is 3.27. The summed E-state index contributed by atoms with van der Waals surface area (Å²) in [7, 11) is 1.39. The van der Waals surface area contributed by atoms with Crippen LogP contribution in [0.5, 0.6) is 0 Å². The number of carbonyl (C=O) groups is 1. The fraction of sp³-hybridized carbons (Fsp3) is 0.444. The third-order valence-corrected chi connectivity index (χ3v) is 5.11. The Bertz CT molecular complexity index is 334. The number of hydrogen-bond donors (Lipinski definition) is 1. The van der Waals surface area contributed by atoms with E-state index in [2.05, 4.69) is 37.2 Å². The first-order valence-corrected chi connectivity index (χ1v) is 6.76. The number of nitrogens with one attached hydrogen (secondary N) is 1. The lowest BCUT2D eigenvalue weighted by Gasteiger charge is -2.13. The highest BCUT2D eigenvalue weighted by atomic mass is 79.9. The zero-order chi connectivity index (χ0) is 11.4. The molecule has 84 valence electrons. The van der Waals surface area contributed by atoms with Crippen molar-refractivity contribution in [1.29, 1.82) is 0 Å². The van der Waals surface area contributed by atoms with Crippen molar-refractivity contribution in [3.05, 3.63) is 19.2 Å². The van der Waals surface area contributed by atoms with E-state index < -0.39 is 0 Å². The van der Waals surface area contributed by atoms with Crippen molar-refractivity contribution in [3.63, 3.8) is 0 Å². The summed E-state index contributed by atoms with van der Waals surface area (Å²) < 4.78 is 6.67. The van der Waals surface area contributed by atoms with Gasteiger partial charge in [0, 0.05) is 9.35 Å². The van der Waals surface area contributed by atoms with Gasteiger partial charge in [0.25, 0.3) is 0 Å². The molecule has 0 aliphatic heterocycles. The molecule has 1 aromatic heterocycles. The van der Waals surface area contributed by atoms with Crippen LogP contribution in [0.4, 0.5) is 0 Å². The minimum absolute atomic E-state index is 0.266. The minimum Gasteiger partial charge on any atom is -0.468 e. The molecule has 0 spiro atoms. The number of methoxy groups -OCH3 is 1. The molecule has 1 aromatic rings. The Kier molecular flexibility index (Phi) is 5.25. The monoisotopic (exact) mass is 355 g/mol. The molecule has 0 amide bonds. The molecule has 1 rings (SSSR count). The first kappa shape index (κ1) is 13.2. The summed E-state index contributed by atoms with van der Waals surface area (Å²) in [4.78, 5) is 12.4. The van der Waals surface area contributed by atoms with Gasteiger partial charge in [-0.25, -0.2) is 4.79 Å². The summed E-state index contributed by atoms with van der Waals surface area (Å²) in [6, 6.07) is 1.53. The Morgan fingerprint density at radius 1 is 1.67 bits per heavy atom. The van der Waals surface area contributed by atoms with Gasteiger partial charge in [-0.2, -0.15) is 0 Å². The second-order valence-electron chi connectivity index (χ2n) is 2.78. The van der Waals surface area contributed by atoms with Crippen LogP contribution in [0.25, 0.3) is 0 Å². The van der Waals surface area contributed by atoms with Crippen LogP contribution in [0.15, 0.2) is 14.3 Å². The highest BCUT2D eigenvalue weighted by molar-refractivity contribution is 9.13. The lowest BCUT2D eigenvalue weighted by atomic mass is 10.2. The Hall–Kier alpha value is 0.0900. The average molecular weight is 357 g/mol. The molecule has 0 radical (unpaired) electrons. The predicted octanol–water partition coefficient (Wildman–Crippen LogP) is 3.10. The van der Waals surface area contributed by atoms with Crippen LogP contribution in [0.1, 0.15) is 17.8 Å². The van der Waals surface area contributed by atoms with Crippen molar-refractivity contribution >= 4 is 49.2 Å². The zero-order valence-electron chi connectivity index (χ0n) is 8.34. The van der Waals surface area contributed by atoms with Crippen molar-refractivity contribution < 1.29 is 9.53 Å². The quantitative estimate of drug-likeness (QED) is 0.842. The maximum absolute atomic E-state index is 11.5. The largest absolute Gasteiger partial charge is 0.468 e. The van der Waals surface area contributed by atoms with Crippen molar-refractivity contribution in [3.8, 4) is 0 Å². The van der Waals surface area contributed by atoms with Crippen LogP contribution in [0.3, 0.4) is 0 Å². The van der Waals surface area contributed by atoms with Gasteiger partial charge in [0.1, 0.15) is 6.04 Å². The maximum Gasteiger partial charge on any atom is 0.328 e. The molecule has 1 unspecified atom stereocenters. The van der Waals surface area contributed by atoms with E-state index in [1.807, 2.05) is 13.0 Å². The van der Waals surface area contributed by atoms with Gasteiger partial charge in [-0.1, -0.05) is 6.92 Å². The molecule has 6 heteroatoms. The van der Waals surface area contributed by atoms with Crippen molar-refractivity contribution in [2.75, 3.05) is 13.7 Å². The molecule has 0 aliphatic rings. The predicted molar refractivity (Wildman–Crippen MR) is 68.2 cm³/mol. The Balaban J connectivity index is 2.93. The second-order valence-corrected chi connectivity index (χ2v) is 6.04. The minimum atomic E-state index is -0.382. The molecule has 1 heterocycles.